The Labute approximate surface area is 153 Å². The molecule has 1 aliphatic rings. The van der Waals surface area contributed by atoms with Gasteiger partial charge in [-0.3, -0.25) is 4.79 Å². The summed E-state index contributed by atoms with van der Waals surface area (Å²) < 4.78 is 30.2. The molecule has 1 aliphatic heterocycles. The molecule has 0 bridgehead atoms. The van der Waals surface area contributed by atoms with E-state index in [1.165, 1.54) is 30.8 Å². The van der Waals surface area contributed by atoms with Crippen molar-refractivity contribution in [3.8, 4) is 5.75 Å². The molecule has 1 N–H and O–H groups in total. The summed E-state index contributed by atoms with van der Waals surface area (Å²) in [5.41, 5.74) is 0. The van der Waals surface area contributed by atoms with E-state index in [1.54, 1.807) is 7.11 Å². The standard InChI is InChI=1S/C16H24N2O5S2/c1-17(2)25(21,22)11-12-8-18(9-15(12)19)16(20)10-24-14-6-4-5-13(7-14)23-3/h4-7,12,15,19H,8-11H2,1-3H3/t12-,15+/m0/s1. The quantitative estimate of drug-likeness (QED) is 0.685. The first-order valence-electron chi connectivity index (χ1n) is 7.86. The summed E-state index contributed by atoms with van der Waals surface area (Å²) in [5.74, 6) is 0.221. The topological polar surface area (TPSA) is 87.2 Å². The zero-order chi connectivity index (χ0) is 18.6. The number of carbonyl (C=O) groups is 1. The Balaban J connectivity index is 1.90. The van der Waals surface area contributed by atoms with Gasteiger partial charge in [-0.1, -0.05) is 6.07 Å². The first-order chi connectivity index (χ1) is 11.7. The molecular weight excluding hydrogens is 364 g/mol. The van der Waals surface area contributed by atoms with E-state index >= 15 is 0 Å². The summed E-state index contributed by atoms with van der Waals surface area (Å²) in [5, 5.41) is 10.1. The van der Waals surface area contributed by atoms with E-state index in [4.69, 9.17) is 4.74 Å². The zero-order valence-electron chi connectivity index (χ0n) is 14.6. The van der Waals surface area contributed by atoms with Gasteiger partial charge in [0.15, 0.2) is 0 Å². The lowest BCUT2D eigenvalue weighted by molar-refractivity contribution is -0.127. The molecule has 1 amide bonds. The van der Waals surface area contributed by atoms with Gasteiger partial charge >= 0.3 is 0 Å². The number of thioether (sulfide) groups is 1. The lowest BCUT2D eigenvalue weighted by Gasteiger charge is -2.18. The number of carbonyl (C=O) groups excluding carboxylic acids is 1. The fourth-order valence-electron chi connectivity index (χ4n) is 2.57. The Morgan fingerprint density at radius 2 is 2.12 bits per heavy atom. The van der Waals surface area contributed by atoms with E-state index in [-0.39, 0.29) is 30.5 Å². The summed E-state index contributed by atoms with van der Waals surface area (Å²) in [6, 6.07) is 7.43. The number of β-amino-alcohol motifs (C(OH)–C–C–N with tert-alkyl or cyclic N) is 1. The SMILES string of the molecule is COc1cccc(SCC(=O)N2C[C@@H](CS(=O)(=O)N(C)C)[C@H](O)C2)c1. The highest BCUT2D eigenvalue weighted by Crippen LogP contribution is 2.25. The molecule has 7 nitrogen and oxygen atoms in total. The van der Waals surface area contributed by atoms with Crippen LogP contribution in [0.1, 0.15) is 0 Å². The summed E-state index contributed by atoms with van der Waals surface area (Å²) in [6.45, 7) is 0.427. The van der Waals surface area contributed by atoms with Crippen molar-refractivity contribution in [1.82, 2.24) is 9.21 Å². The van der Waals surface area contributed by atoms with Crippen LogP contribution in [0.2, 0.25) is 0 Å². The highest BCUT2D eigenvalue weighted by Gasteiger charge is 2.37. The molecule has 1 fully saturated rings. The number of ether oxygens (including phenoxy) is 1. The number of sulfonamides is 1. The molecule has 9 heteroatoms. The third-order valence-electron chi connectivity index (χ3n) is 4.14. The van der Waals surface area contributed by atoms with Gasteiger partial charge < -0.3 is 14.7 Å². The summed E-state index contributed by atoms with van der Waals surface area (Å²) in [7, 11) is 1.10. The monoisotopic (exact) mass is 388 g/mol. The Morgan fingerprint density at radius 1 is 1.40 bits per heavy atom. The number of aliphatic hydroxyl groups is 1. The first kappa shape index (κ1) is 20.0. The number of amides is 1. The van der Waals surface area contributed by atoms with Gasteiger partial charge in [0.05, 0.1) is 24.7 Å². The number of hydrogen-bond donors (Lipinski definition) is 1. The average Bonchev–Trinajstić information content (AvgIpc) is 2.93. The Hall–Kier alpha value is -1.29. The number of likely N-dealkylation sites (tertiary alicyclic amines) is 1. The predicted molar refractivity (Wildman–Crippen MR) is 97.3 cm³/mol. The van der Waals surface area contributed by atoms with Crippen LogP contribution < -0.4 is 4.74 Å². The van der Waals surface area contributed by atoms with Crippen LogP contribution in [0.25, 0.3) is 0 Å². The third kappa shape index (κ3) is 5.34. The zero-order valence-corrected chi connectivity index (χ0v) is 16.2. The minimum absolute atomic E-state index is 0.114. The average molecular weight is 389 g/mol. The van der Waals surface area contributed by atoms with Crippen molar-refractivity contribution < 1.29 is 23.1 Å². The highest BCUT2D eigenvalue weighted by atomic mass is 32.2. The molecule has 140 valence electrons. The van der Waals surface area contributed by atoms with E-state index < -0.39 is 22.0 Å². The van der Waals surface area contributed by atoms with Crippen LogP contribution in [0.3, 0.4) is 0 Å². The summed E-state index contributed by atoms with van der Waals surface area (Å²) in [6.07, 6.45) is -0.819. The summed E-state index contributed by atoms with van der Waals surface area (Å²) in [4.78, 5) is 14.8. The van der Waals surface area contributed by atoms with Crippen LogP contribution in [0.4, 0.5) is 0 Å². The second kappa shape index (κ2) is 8.39. The molecule has 2 atom stereocenters. The van der Waals surface area contributed by atoms with Gasteiger partial charge in [0.2, 0.25) is 15.9 Å². The molecule has 1 aromatic rings. The highest BCUT2D eigenvalue weighted by molar-refractivity contribution is 8.00. The molecule has 1 heterocycles. The molecule has 25 heavy (non-hydrogen) atoms. The van der Waals surface area contributed by atoms with Crippen LogP contribution >= 0.6 is 11.8 Å². The van der Waals surface area contributed by atoms with Gasteiger partial charge in [-0.2, -0.15) is 0 Å². The smallest absolute Gasteiger partial charge is 0.233 e. The minimum Gasteiger partial charge on any atom is -0.497 e. The second-order valence-corrected chi connectivity index (χ2v) is 9.43. The van der Waals surface area contributed by atoms with E-state index in [9.17, 15) is 18.3 Å². The van der Waals surface area contributed by atoms with Crippen molar-refractivity contribution in [2.75, 3.05) is 45.8 Å². The van der Waals surface area contributed by atoms with E-state index in [0.29, 0.717) is 0 Å². The van der Waals surface area contributed by atoms with Crippen molar-refractivity contribution in [2.45, 2.75) is 11.0 Å². The van der Waals surface area contributed by atoms with Crippen molar-refractivity contribution >= 4 is 27.7 Å². The molecule has 0 aliphatic carbocycles. The number of rotatable bonds is 7. The van der Waals surface area contributed by atoms with Gasteiger partial charge in [-0.15, -0.1) is 11.8 Å². The largest absolute Gasteiger partial charge is 0.497 e. The van der Waals surface area contributed by atoms with Crippen LogP contribution in [-0.2, 0) is 14.8 Å². The lowest BCUT2D eigenvalue weighted by atomic mass is 10.1. The van der Waals surface area contributed by atoms with Crippen molar-refractivity contribution in [2.24, 2.45) is 5.92 Å². The second-order valence-electron chi connectivity index (χ2n) is 6.15. The van der Waals surface area contributed by atoms with Crippen LogP contribution in [0.5, 0.6) is 5.75 Å². The number of aliphatic hydroxyl groups excluding tert-OH is 1. The Bertz CT molecular complexity index is 708. The van der Waals surface area contributed by atoms with Gasteiger partial charge in [0, 0.05) is 38.0 Å². The number of benzene rings is 1. The molecular formula is C16H24N2O5S2. The summed E-state index contributed by atoms with van der Waals surface area (Å²) >= 11 is 1.39. The predicted octanol–water partition coefficient (Wildman–Crippen LogP) is 0.498. The molecule has 1 saturated heterocycles. The molecule has 2 rings (SSSR count). The molecule has 0 radical (unpaired) electrons. The maximum absolute atomic E-state index is 12.4. The normalized spacial score (nSPS) is 20.9. The number of hydrogen-bond acceptors (Lipinski definition) is 6. The molecule has 0 saturated carbocycles. The Morgan fingerprint density at radius 3 is 2.76 bits per heavy atom. The van der Waals surface area contributed by atoms with Crippen molar-refractivity contribution in [3.63, 3.8) is 0 Å². The maximum atomic E-state index is 12.4. The lowest BCUT2D eigenvalue weighted by Crippen LogP contribution is -2.34. The molecule has 0 aromatic heterocycles. The van der Waals surface area contributed by atoms with Gasteiger partial charge in [-0.25, -0.2) is 12.7 Å². The third-order valence-corrected chi connectivity index (χ3v) is 7.08. The van der Waals surface area contributed by atoms with E-state index in [2.05, 4.69) is 0 Å². The molecule has 0 unspecified atom stereocenters. The fraction of sp³-hybridized carbons (Fsp3) is 0.562. The number of nitrogens with zero attached hydrogens (tertiary/aromatic N) is 2. The van der Waals surface area contributed by atoms with Gasteiger partial charge in [0.1, 0.15) is 5.75 Å². The minimum atomic E-state index is -3.41. The molecule has 1 aromatic carbocycles. The fourth-order valence-corrected chi connectivity index (χ4v) is 4.58. The van der Waals surface area contributed by atoms with Crippen molar-refractivity contribution in [3.05, 3.63) is 24.3 Å². The van der Waals surface area contributed by atoms with Crippen LogP contribution in [0, 0.1) is 5.92 Å². The Kier molecular flexibility index (Phi) is 6.72. The first-order valence-corrected chi connectivity index (χ1v) is 10.5. The maximum Gasteiger partial charge on any atom is 0.233 e. The van der Waals surface area contributed by atoms with E-state index in [1.807, 2.05) is 24.3 Å². The molecule has 0 spiro atoms. The van der Waals surface area contributed by atoms with E-state index in [0.717, 1.165) is 15.0 Å². The van der Waals surface area contributed by atoms with Crippen LogP contribution in [-0.4, -0.2) is 80.5 Å². The van der Waals surface area contributed by atoms with Crippen molar-refractivity contribution in [1.29, 1.82) is 0 Å². The van der Waals surface area contributed by atoms with Crippen LogP contribution in [0.15, 0.2) is 29.2 Å². The number of methoxy groups -OCH3 is 1. The van der Waals surface area contributed by atoms with Gasteiger partial charge in [0.25, 0.3) is 0 Å². The van der Waals surface area contributed by atoms with Gasteiger partial charge in [-0.05, 0) is 18.2 Å².